The second-order valence-electron chi connectivity index (χ2n) is 4.58. The van der Waals surface area contributed by atoms with Crippen molar-refractivity contribution in [3.05, 3.63) is 36.8 Å². The largest absolute Gasteiger partial charge is 0.312 e. The first-order chi connectivity index (χ1) is 9.69. The number of aryl methyl sites for hydroxylation is 1. The molecule has 0 aliphatic heterocycles. The third kappa shape index (κ3) is 2.53. The van der Waals surface area contributed by atoms with Gasteiger partial charge in [0.2, 0.25) is 0 Å². The molecule has 3 nitrogen and oxygen atoms in total. The van der Waals surface area contributed by atoms with Crippen LogP contribution in [-0.4, -0.2) is 5.91 Å². The van der Waals surface area contributed by atoms with Crippen molar-refractivity contribution in [2.45, 2.75) is 25.7 Å². The maximum absolute atomic E-state index is 12.2. The van der Waals surface area contributed by atoms with Crippen LogP contribution in [0.3, 0.4) is 0 Å². The molecule has 3 rings (SSSR count). The Morgan fingerprint density at radius 2 is 2.10 bits per heavy atom. The number of hydrogen-bond acceptors (Lipinski definition) is 4. The molecular weight excluding hydrogens is 356 g/mol. The van der Waals surface area contributed by atoms with Crippen molar-refractivity contribution in [1.29, 1.82) is 5.26 Å². The summed E-state index contributed by atoms with van der Waals surface area (Å²) in [5.41, 5.74) is 1.81. The van der Waals surface area contributed by atoms with Crippen molar-refractivity contribution in [2.75, 3.05) is 5.32 Å². The highest BCUT2D eigenvalue weighted by atomic mass is 79.9. The molecule has 0 spiro atoms. The number of amides is 1. The van der Waals surface area contributed by atoms with E-state index in [1.807, 2.05) is 6.07 Å². The lowest BCUT2D eigenvalue weighted by Gasteiger charge is -2.09. The molecule has 102 valence electrons. The molecule has 0 radical (unpaired) electrons. The van der Waals surface area contributed by atoms with E-state index in [4.69, 9.17) is 0 Å². The Morgan fingerprint density at radius 1 is 1.30 bits per heavy atom. The van der Waals surface area contributed by atoms with Gasteiger partial charge >= 0.3 is 0 Å². The van der Waals surface area contributed by atoms with E-state index in [1.54, 1.807) is 17.4 Å². The highest BCUT2D eigenvalue weighted by Gasteiger charge is 2.22. The molecule has 0 fully saturated rings. The first kappa shape index (κ1) is 13.8. The summed E-state index contributed by atoms with van der Waals surface area (Å²) in [6.45, 7) is 0. The number of nitrogens with one attached hydrogen (secondary N) is 1. The Bertz CT molecular complexity index is 711. The molecule has 0 unspecified atom stereocenters. The minimum atomic E-state index is -0.143. The van der Waals surface area contributed by atoms with E-state index >= 15 is 0 Å². The SMILES string of the molecule is N#Cc1c(NC(=O)c2ccc(Br)s2)sc2c1CCCC2. The molecule has 0 saturated carbocycles. The van der Waals surface area contributed by atoms with Crippen molar-refractivity contribution >= 4 is 49.5 Å². The summed E-state index contributed by atoms with van der Waals surface area (Å²) in [6.07, 6.45) is 4.28. The summed E-state index contributed by atoms with van der Waals surface area (Å²) in [4.78, 5) is 14.1. The standard InChI is InChI=1S/C14H11BrN2OS2/c15-12-6-5-11(19-12)13(18)17-14-9(7-16)8-3-1-2-4-10(8)20-14/h5-6H,1-4H2,(H,17,18). The molecule has 2 aromatic rings. The van der Waals surface area contributed by atoms with Gasteiger partial charge in [0.05, 0.1) is 14.2 Å². The van der Waals surface area contributed by atoms with Gasteiger partial charge in [-0.1, -0.05) is 0 Å². The fourth-order valence-electron chi connectivity index (χ4n) is 2.37. The highest BCUT2D eigenvalue weighted by Crippen LogP contribution is 2.38. The second-order valence-corrected chi connectivity index (χ2v) is 8.15. The fourth-order valence-corrected chi connectivity index (χ4v) is 4.89. The number of thiophene rings is 2. The van der Waals surface area contributed by atoms with Crippen molar-refractivity contribution in [3.8, 4) is 6.07 Å². The number of nitrogens with zero attached hydrogens (tertiary/aromatic N) is 1. The van der Waals surface area contributed by atoms with Crippen LogP contribution in [0.4, 0.5) is 5.00 Å². The first-order valence-electron chi connectivity index (χ1n) is 6.30. The minimum Gasteiger partial charge on any atom is -0.312 e. The van der Waals surface area contributed by atoms with Crippen LogP contribution in [0, 0.1) is 11.3 Å². The topological polar surface area (TPSA) is 52.9 Å². The van der Waals surface area contributed by atoms with Crippen LogP contribution in [0.5, 0.6) is 0 Å². The third-order valence-electron chi connectivity index (χ3n) is 3.31. The smallest absolute Gasteiger partial charge is 0.266 e. The van der Waals surface area contributed by atoms with E-state index in [2.05, 4.69) is 27.3 Å². The lowest BCUT2D eigenvalue weighted by molar-refractivity contribution is 0.103. The van der Waals surface area contributed by atoms with Gasteiger partial charge in [-0.3, -0.25) is 4.79 Å². The summed E-state index contributed by atoms with van der Waals surface area (Å²) in [6, 6.07) is 5.89. The Labute approximate surface area is 133 Å². The van der Waals surface area contributed by atoms with E-state index in [-0.39, 0.29) is 5.91 Å². The van der Waals surface area contributed by atoms with Crippen molar-refractivity contribution < 1.29 is 4.79 Å². The summed E-state index contributed by atoms with van der Waals surface area (Å²) >= 11 is 6.29. The van der Waals surface area contributed by atoms with Gasteiger partial charge in [0.1, 0.15) is 11.1 Å². The van der Waals surface area contributed by atoms with Crippen LogP contribution in [0.1, 0.15) is 38.5 Å². The van der Waals surface area contributed by atoms with Crippen molar-refractivity contribution in [3.63, 3.8) is 0 Å². The van der Waals surface area contributed by atoms with Crippen LogP contribution in [-0.2, 0) is 12.8 Å². The molecule has 2 aromatic heterocycles. The first-order valence-corrected chi connectivity index (χ1v) is 8.73. The summed E-state index contributed by atoms with van der Waals surface area (Å²) < 4.78 is 0.925. The van der Waals surface area contributed by atoms with E-state index in [0.717, 1.165) is 28.6 Å². The molecule has 1 amide bonds. The van der Waals surface area contributed by atoms with Gasteiger partial charge in [0, 0.05) is 4.88 Å². The van der Waals surface area contributed by atoms with Gasteiger partial charge in [-0.2, -0.15) is 5.26 Å². The number of fused-ring (bicyclic) bond motifs is 1. The second kappa shape index (κ2) is 5.68. The summed E-state index contributed by atoms with van der Waals surface area (Å²) in [5, 5.41) is 12.9. The maximum atomic E-state index is 12.2. The van der Waals surface area contributed by atoms with E-state index < -0.39 is 0 Å². The predicted octanol–water partition coefficient (Wildman–Crippen LogP) is 4.57. The maximum Gasteiger partial charge on any atom is 0.266 e. The van der Waals surface area contributed by atoms with Gasteiger partial charge in [0.15, 0.2) is 0 Å². The van der Waals surface area contributed by atoms with Crippen molar-refractivity contribution in [1.82, 2.24) is 0 Å². The molecule has 1 N–H and O–H groups in total. The normalized spacial score (nSPS) is 13.6. The van der Waals surface area contributed by atoms with Crippen LogP contribution in [0.25, 0.3) is 0 Å². The predicted molar refractivity (Wildman–Crippen MR) is 85.6 cm³/mol. The number of carbonyl (C=O) groups is 1. The van der Waals surface area contributed by atoms with Crippen LogP contribution >= 0.6 is 38.6 Å². The van der Waals surface area contributed by atoms with E-state index in [9.17, 15) is 10.1 Å². The van der Waals surface area contributed by atoms with Crippen LogP contribution in [0.2, 0.25) is 0 Å². The molecule has 0 saturated heterocycles. The zero-order valence-electron chi connectivity index (χ0n) is 10.5. The van der Waals surface area contributed by atoms with Crippen LogP contribution < -0.4 is 5.32 Å². The molecule has 20 heavy (non-hydrogen) atoms. The molecular formula is C14H11BrN2OS2. The Kier molecular flexibility index (Phi) is 3.92. The van der Waals surface area contributed by atoms with E-state index in [0.29, 0.717) is 15.4 Å². The molecule has 0 atom stereocenters. The number of anilines is 1. The molecule has 1 aliphatic rings. The molecule has 6 heteroatoms. The number of carbonyl (C=O) groups excluding carboxylic acids is 1. The number of halogens is 1. The van der Waals surface area contributed by atoms with Gasteiger partial charge in [-0.05, 0) is 59.3 Å². The summed E-state index contributed by atoms with van der Waals surface area (Å²) in [7, 11) is 0. The fraction of sp³-hybridized carbons (Fsp3) is 0.286. The lowest BCUT2D eigenvalue weighted by Crippen LogP contribution is -2.10. The molecule has 1 aliphatic carbocycles. The zero-order chi connectivity index (χ0) is 14.1. The Hall–Kier alpha value is -1.16. The van der Waals surface area contributed by atoms with Gasteiger partial charge in [-0.25, -0.2) is 0 Å². The highest BCUT2D eigenvalue weighted by molar-refractivity contribution is 9.11. The number of hydrogen-bond donors (Lipinski definition) is 1. The minimum absolute atomic E-state index is 0.143. The number of nitriles is 1. The monoisotopic (exact) mass is 366 g/mol. The Balaban J connectivity index is 1.89. The van der Waals surface area contributed by atoms with Crippen molar-refractivity contribution in [2.24, 2.45) is 0 Å². The summed E-state index contributed by atoms with van der Waals surface area (Å²) in [5.74, 6) is -0.143. The lowest BCUT2D eigenvalue weighted by atomic mass is 9.96. The van der Waals surface area contributed by atoms with Gasteiger partial charge < -0.3 is 5.32 Å². The quantitative estimate of drug-likeness (QED) is 0.845. The number of rotatable bonds is 2. The van der Waals surface area contributed by atoms with Crippen LogP contribution in [0.15, 0.2) is 15.9 Å². The molecule has 0 aromatic carbocycles. The Morgan fingerprint density at radius 3 is 2.80 bits per heavy atom. The average Bonchev–Trinajstić information content (AvgIpc) is 3.01. The average molecular weight is 367 g/mol. The molecule has 2 heterocycles. The van der Waals surface area contributed by atoms with E-state index in [1.165, 1.54) is 22.6 Å². The van der Waals surface area contributed by atoms with Gasteiger partial charge in [0.25, 0.3) is 5.91 Å². The van der Waals surface area contributed by atoms with Gasteiger partial charge in [-0.15, -0.1) is 22.7 Å². The molecule has 0 bridgehead atoms. The zero-order valence-corrected chi connectivity index (χ0v) is 13.8. The third-order valence-corrected chi connectivity index (χ3v) is 6.14.